The number of thiophene rings is 1. The number of aromatic nitrogens is 1. The van der Waals surface area contributed by atoms with Crippen LogP contribution < -0.4 is 4.78 Å². The number of unbranched alkanes of at least 4 members (excludes halogenated alkanes) is 7. The number of thiazole rings is 1. The van der Waals surface area contributed by atoms with E-state index in [0.717, 1.165) is 16.3 Å². The van der Waals surface area contributed by atoms with Gasteiger partial charge in [-0.05, 0) is 18.9 Å². The third-order valence-corrected chi connectivity index (χ3v) is 6.27. The molecule has 0 aliphatic rings. The molecule has 0 aliphatic heterocycles. The zero-order valence-corrected chi connectivity index (χ0v) is 15.5. The van der Waals surface area contributed by atoms with Crippen molar-refractivity contribution in [1.29, 1.82) is 0 Å². The summed E-state index contributed by atoms with van der Waals surface area (Å²) >= 11 is 3.12. The van der Waals surface area contributed by atoms with Crippen LogP contribution >= 0.6 is 22.7 Å². The first kappa shape index (κ1) is 18.7. The number of nitrogens with zero attached hydrogens (tertiary/aromatic N) is 1. The molecule has 0 fully saturated rings. The molecule has 126 valence electrons. The van der Waals surface area contributed by atoms with Gasteiger partial charge in [-0.2, -0.15) is 0 Å². The fraction of sp³-hybridized carbons (Fsp3) is 0.588. The van der Waals surface area contributed by atoms with Gasteiger partial charge in [0.25, 0.3) is 0 Å². The largest absolute Gasteiger partial charge is 0.499 e. The summed E-state index contributed by atoms with van der Waals surface area (Å²) in [6.07, 6.45) is 13.8. The molecule has 0 amide bonds. The normalized spacial score (nSPS) is 11.1. The van der Waals surface area contributed by atoms with Gasteiger partial charge in [0, 0.05) is 15.9 Å². The maximum Gasteiger partial charge on any atom is 0.499 e. The van der Waals surface area contributed by atoms with Crippen LogP contribution in [0.2, 0.25) is 0 Å². The predicted molar refractivity (Wildman–Crippen MR) is 102 cm³/mol. The van der Waals surface area contributed by atoms with Gasteiger partial charge in [-0.25, -0.2) is 4.98 Å². The van der Waals surface area contributed by atoms with Crippen LogP contribution in [0.4, 0.5) is 0 Å². The Morgan fingerprint density at radius 1 is 0.957 bits per heavy atom. The van der Waals surface area contributed by atoms with Crippen molar-refractivity contribution in [2.24, 2.45) is 0 Å². The zero-order chi connectivity index (χ0) is 16.5. The topological polar surface area (TPSA) is 53.4 Å². The molecule has 0 unspecified atom stereocenters. The van der Waals surface area contributed by atoms with Crippen LogP contribution in [0.15, 0.2) is 18.3 Å². The Bertz CT molecular complexity index is 568. The lowest BCUT2D eigenvalue weighted by Crippen LogP contribution is -2.26. The van der Waals surface area contributed by atoms with Crippen LogP contribution in [0.1, 0.15) is 63.2 Å². The molecule has 0 radical (unpaired) electrons. The Kier molecular flexibility index (Phi) is 8.30. The Balaban J connectivity index is 1.68. The van der Waals surface area contributed by atoms with Gasteiger partial charge in [-0.3, -0.25) is 0 Å². The first-order valence-corrected chi connectivity index (χ1v) is 10.2. The predicted octanol–water partition coefficient (Wildman–Crippen LogP) is 4.23. The van der Waals surface area contributed by atoms with E-state index in [2.05, 4.69) is 11.9 Å². The summed E-state index contributed by atoms with van der Waals surface area (Å²) in [5.74, 6) is 0. The molecule has 0 saturated carbocycles. The highest BCUT2D eigenvalue weighted by Gasteiger charge is 2.15. The van der Waals surface area contributed by atoms with Crippen molar-refractivity contribution in [2.75, 3.05) is 0 Å². The van der Waals surface area contributed by atoms with Gasteiger partial charge in [-0.15, -0.1) is 22.7 Å². The first-order chi connectivity index (χ1) is 11.2. The average Bonchev–Trinajstić information content (AvgIpc) is 3.18. The number of hydrogen-bond donors (Lipinski definition) is 2. The van der Waals surface area contributed by atoms with Crippen molar-refractivity contribution in [3.8, 4) is 9.88 Å². The average molecular weight is 351 g/mol. The highest BCUT2D eigenvalue weighted by atomic mass is 32.1. The molecule has 23 heavy (non-hydrogen) atoms. The van der Waals surface area contributed by atoms with Crippen LogP contribution in [0.3, 0.4) is 0 Å². The quantitative estimate of drug-likeness (QED) is 0.470. The molecule has 2 heterocycles. The molecule has 0 aromatic carbocycles. The van der Waals surface area contributed by atoms with Gasteiger partial charge < -0.3 is 10.0 Å². The van der Waals surface area contributed by atoms with Crippen LogP contribution in [0.5, 0.6) is 0 Å². The summed E-state index contributed by atoms with van der Waals surface area (Å²) in [4.78, 5) is 6.81. The SMILES string of the molecule is CCCCCCCCCCc1cnc(-c2ccc(B(O)O)s2)s1. The second-order valence-electron chi connectivity index (χ2n) is 5.93. The molecule has 3 nitrogen and oxygen atoms in total. The van der Waals surface area contributed by atoms with E-state index in [1.54, 1.807) is 17.4 Å². The fourth-order valence-corrected chi connectivity index (χ4v) is 4.47. The van der Waals surface area contributed by atoms with E-state index in [1.165, 1.54) is 67.6 Å². The molecule has 2 N–H and O–H groups in total. The Hall–Kier alpha value is -0.685. The molecule has 0 atom stereocenters. The van der Waals surface area contributed by atoms with E-state index in [-0.39, 0.29) is 0 Å². The number of hydrogen-bond acceptors (Lipinski definition) is 5. The fourth-order valence-electron chi connectivity index (χ4n) is 2.58. The highest BCUT2D eigenvalue weighted by molar-refractivity contribution is 7.27. The van der Waals surface area contributed by atoms with Gasteiger partial charge in [0.2, 0.25) is 0 Å². The van der Waals surface area contributed by atoms with E-state index in [4.69, 9.17) is 0 Å². The van der Waals surface area contributed by atoms with Gasteiger partial charge in [0.15, 0.2) is 0 Å². The summed E-state index contributed by atoms with van der Waals surface area (Å²) in [5.41, 5.74) is 0. The van der Waals surface area contributed by atoms with Crippen molar-refractivity contribution in [3.63, 3.8) is 0 Å². The van der Waals surface area contributed by atoms with Gasteiger partial charge >= 0.3 is 7.12 Å². The second kappa shape index (κ2) is 10.2. The molecular weight excluding hydrogens is 325 g/mol. The minimum atomic E-state index is -1.38. The minimum absolute atomic E-state index is 0.569. The smallest absolute Gasteiger partial charge is 0.423 e. The molecule has 0 aliphatic carbocycles. The molecule has 0 bridgehead atoms. The Morgan fingerprint density at radius 2 is 1.65 bits per heavy atom. The monoisotopic (exact) mass is 351 g/mol. The first-order valence-electron chi connectivity index (χ1n) is 8.61. The lowest BCUT2D eigenvalue weighted by Gasteiger charge is -2.00. The van der Waals surface area contributed by atoms with Crippen molar-refractivity contribution in [1.82, 2.24) is 4.98 Å². The van der Waals surface area contributed by atoms with Crippen molar-refractivity contribution >= 4 is 34.6 Å². The molecule has 0 saturated heterocycles. The minimum Gasteiger partial charge on any atom is -0.423 e. The summed E-state index contributed by atoms with van der Waals surface area (Å²) in [6, 6.07) is 3.67. The Labute approximate surface area is 147 Å². The van der Waals surface area contributed by atoms with Crippen LogP contribution in [0, 0.1) is 0 Å². The Morgan fingerprint density at radius 3 is 2.30 bits per heavy atom. The number of aryl methyl sites for hydroxylation is 1. The maximum atomic E-state index is 9.17. The van der Waals surface area contributed by atoms with E-state index < -0.39 is 7.12 Å². The standard InChI is InChI=1S/C17H26BNO2S2/c1-2-3-4-5-6-7-8-9-10-14-13-19-17(22-14)15-11-12-16(23-15)18(20)21/h11-13,20-21H,2-10H2,1H3. The van der Waals surface area contributed by atoms with Gasteiger partial charge in [0.05, 0.1) is 4.88 Å². The molecule has 6 heteroatoms. The third-order valence-electron chi connectivity index (χ3n) is 3.92. The molecular formula is C17H26BNO2S2. The maximum absolute atomic E-state index is 9.17. The lowest BCUT2D eigenvalue weighted by molar-refractivity contribution is 0.427. The summed E-state index contributed by atoms with van der Waals surface area (Å²) in [6.45, 7) is 2.26. The van der Waals surface area contributed by atoms with Crippen LogP contribution in [-0.2, 0) is 6.42 Å². The van der Waals surface area contributed by atoms with E-state index in [9.17, 15) is 10.0 Å². The molecule has 2 aromatic rings. The summed E-state index contributed by atoms with van der Waals surface area (Å²) in [5, 5.41) is 19.3. The summed E-state index contributed by atoms with van der Waals surface area (Å²) < 4.78 is 0.569. The lowest BCUT2D eigenvalue weighted by atomic mass is 9.90. The van der Waals surface area contributed by atoms with Crippen LogP contribution in [-0.4, -0.2) is 22.2 Å². The molecule has 2 rings (SSSR count). The van der Waals surface area contributed by atoms with E-state index in [0.29, 0.717) is 4.78 Å². The third kappa shape index (κ3) is 6.38. The van der Waals surface area contributed by atoms with Crippen molar-refractivity contribution in [3.05, 3.63) is 23.2 Å². The van der Waals surface area contributed by atoms with E-state index >= 15 is 0 Å². The van der Waals surface area contributed by atoms with Crippen molar-refractivity contribution in [2.45, 2.75) is 64.7 Å². The summed E-state index contributed by atoms with van der Waals surface area (Å²) in [7, 11) is -1.38. The van der Waals surface area contributed by atoms with Gasteiger partial charge in [-0.1, -0.05) is 57.9 Å². The van der Waals surface area contributed by atoms with Crippen LogP contribution in [0.25, 0.3) is 9.88 Å². The molecule has 0 spiro atoms. The number of rotatable bonds is 11. The van der Waals surface area contributed by atoms with Crippen molar-refractivity contribution < 1.29 is 10.0 Å². The highest BCUT2D eigenvalue weighted by Crippen LogP contribution is 2.29. The van der Waals surface area contributed by atoms with Gasteiger partial charge in [0.1, 0.15) is 5.01 Å². The molecule has 2 aromatic heterocycles. The van der Waals surface area contributed by atoms with E-state index in [1.807, 2.05) is 12.3 Å². The zero-order valence-electron chi connectivity index (χ0n) is 13.8. The second-order valence-corrected chi connectivity index (χ2v) is 8.16.